The molecule has 0 aliphatic carbocycles. The SMILES string of the molecule is CCNc1nc(N2CCC(C(C)(C)C)C2)c(F)cc1F. The van der Waals surface area contributed by atoms with Crippen molar-refractivity contribution in [3.63, 3.8) is 0 Å². The van der Waals surface area contributed by atoms with Crippen LogP contribution in [0, 0.1) is 23.0 Å². The van der Waals surface area contributed by atoms with Gasteiger partial charge in [0.2, 0.25) is 0 Å². The van der Waals surface area contributed by atoms with Gasteiger partial charge in [0.25, 0.3) is 0 Å². The van der Waals surface area contributed by atoms with E-state index in [-0.39, 0.29) is 17.1 Å². The van der Waals surface area contributed by atoms with Gasteiger partial charge in [-0.1, -0.05) is 20.8 Å². The van der Waals surface area contributed by atoms with Crippen LogP contribution >= 0.6 is 0 Å². The van der Waals surface area contributed by atoms with Crippen LogP contribution in [0.2, 0.25) is 0 Å². The van der Waals surface area contributed by atoms with E-state index in [1.807, 2.05) is 11.8 Å². The van der Waals surface area contributed by atoms with E-state index in [4.69, 9.17) is 0 Å². The predicted octanol–water partition coefficient (Wildman–Crippen LogP) is 3.66. The van der Waals surface area contributed by atoms with Crippen LogP contribution in [0.4, 0.5) is 20.4 Å². The fourth-order valence-corrected chi connectivity index (χ4v) is 2.63. The molecule has 112 valence electrons. The number of halogens is 2. The zero-order chi connectivity index (χ0) is 14.9. The quantitative estimate of drug-likeness (QED) is 0.917. The van der Waals surface area contributed by atoms with Crippen molar-refractivity contribution in [1.29, 1.82) is 0 Å². The molecule has 0 spiro atoms. The van der Waals surface area contributed by atoms with Crippen molar-refractivity contribution in [2.75, 3.05) is 29.9 Å². The van der Waals surface area contributed by atoms with E-state index < -0.39 is 11.6 Å². The van der Waals surface area contributed by atoms with Gasteiger partial charge in [-0.2, -0.15) is 0 Å². The summed E-state index contributed by atoms with van der Waals surface area (Å²) < 4.78 is 27.6. The molecule has 2 rings (SSSR count). The molecule has 1 atom stereocenters. The Balaban J connectivity index is 2.23. The summed E-state index contributed by atoms with van der Waals surface area (Å²) in [7, 11) is 0. The average molecular weight is 283 g/mol. The van der Waals surface area contributed by atoms with Crippen LogP contribution in [0.3, 0.4) is 0 Å². The molecule has 1 aromatic heterocycles. The summed E-state index contributed by atoms with van der Waals surface area (Å²) in [6.45, 7) is 10.5. The highest BCUT2D eigenvalue weighted by atomic mass is 19.1. The Morgan fingerprint density at radius 2 is 2.05 bits per heavy atom. The van der Waals surface area contributed by atoms with Gasteiger partial charge in [-0.25, -0.2) is 13.8 Å². The van der Waals surface area contributed by atoms with E-state index in [2.05, 4.69) is 31.1 Å². The van der Waals surface area contributed by atoms with E-state index in [9.17, 15) is 8.78 Å². The number of rotatable bonds is 3. The third kappa shape index (κ3) is 3.02. The van der Waals surface area contributed by atoms with E-state index in [0.717, 1.165) is 25.6 Å². The van der Waals surface area contributed by atoms with E-state index >= 15 is 0 Å². The minimum absolute atomic E-state index is 0.128. The number of aromatic nitrogens is 1. The summed E-state index contributed by atoms with van der Waals surface area (Å²) in [6, 6.07) is 0.921. The van der Waals surface area contributed by atoms with E-state index in [1.165, 1.54) is 0 Å². The summed E-state index contributed by atoms with van der Waals surface area (Å²) in [4.78, 5) is 6.05. The normalized spacial score (nSPS) is 19.5. The van der Waals surface area contributed by atoms with E-state index in [0.29, 0.717) is 12.5 Å². The van der Waals surface area contributed by atoms with Crippen molar-refractivity contribution < 1.29 is 8.78 Å². The van der Waals surface area contributed by atoms with Crippen molar-refractivity contribution in [2.24, 2.45) is 11.3 Å². The smallest absolute Gasteiger partial charge is 0.168 e. The van der Waals surface area contributed by atoms with Crippen molar-refractivity contribution in [3.05, 3.63) is 17.7 Å². The second-order valence-corrected chi connectivity index (χ2v) is 6.45. The van der Waals surface area contributed by atoms with Gasteiger partial charge in [-0.05, 0) is 24.7 Å². The number of nitrogens with zero attached hydrogens (tertiary/aromatic N) is 2. The Morgan fingerprint density at radius 3 is 2.60 bits per heavy atom. The summed E-state index contributed by atoms with van der Waals surface area (Å²) in [6.07, 6.45) is 1.01. The van der Waals surface area contributed by atoms with Crippen LogP contribution in [-0.2, 0) is 0 Å². The Labute approximate surface area is 119 Å². The summed E-state index contributed by atoms with van der Waals surface area (Å²) in [5.74, 6) is -0.341. The lowest BCUT2D eigenvalue weighted by Gasteiger charge is -2.27. The van der Waals surface area contributed by atoms with Crippen LogP contribution in [0.15, 0.2) is 6.07 Å². The molecule has 1 aliphatic heterocycles. The molecule has 3 nitrogen and oxygen atoms in total. The van der Waals surface area contributed by atoms with Crippen molar-refractivity contribution in [3.8, 4) is 0 Å². The highest BCUT2D eigenvalue weighted by Gasteiger charge is 2.33. The van der Waals surface area contributed by atoms with Crippen LogP contribution < -0.4 is 10.2 Å². The lowest BCUT2D eigenvalue weighted by molar-refractivity contribution is 0.263. The highest BCUT2D eigenvalue weighted by molar-refractivity contribution is 5.50. The van der Waals surface area contributed by atoms with Gasteiger partial charge in [0.1, 0.15) is 0 Å². The van der Waals surface area contributed by atoms with Crippen LogP contribution in [0.25, 0.3) is 0 Å². The molecule has 0 bridgehead atoms. The third-order valence-corrected chi connectivity index (χ3v) is 3.97. The minimum Gasteiger partial charge on any atom is -0.368 e. The number of hydrogen-bond donors (Lipinski definition) is 1. The minimum atomic E-state index is -0.639. The van der Waals surface area contributed by atoms with Crippen molar-refractivity contribution in [2.45, 2.75) is 34.1 Å². The molecule has 1 aromatic rings. The number of hydrogen-bond acceptors (Lipinski definition) is 3. The molecule has 1 aliphatic rings. The summed E-state index contributed by atoms with van der Waals surface area (Å²) >= 11 is 0. The fraction of sp³-hybridized carbons (Fsp3) is 0.667. The topological polar surface area (TPSA) is 28.2 Å². The zero-order valence-electron chi connectivity index (χ0n) is 12.6. The Kier molecular flexibility index (Phi) is 4.16. The molecule has 1 unspecified atom stereocenters. The van der Waals surface area contributed by atoms with Gasteiger partial charge in [-0.3, -0.25) is 0 Å². The Morgan fingerprint density at radius 1 is 1.35 bits per heavy atom. The number of pyridine rings is 1. The molecule has 1 fully saturated rings. The molecule has 1 saturated heterocycles. The Hall–Kier alpha value is -1.39. The van der Waals surface area contributed by atoms with Crippen molar-refractivity contribution in [1.82, 2.24) is 4.98 Å². The first-order chi connectivity index (χ1) is 9.32. The van der Waals surface area contributed by atoms with Crippen LogP contribution in [0.5, 0.6) is 0 Å². The molecule has 0 amide bonds. The Bertz CT molecular complexity index is 483. The number of nitrogens with one attached hydrogen (secondary N) is 1. The molecule has 1 N–H and O–H groups in total. The van der Waals surface area contributed by atoms with Crippen molar-refractivity contribution >= 4 is 11.6 Å². The predicted molar refractivity (Wildman–Crippen MR) is 78.1 cm³/mol. The maximum Gasteiger partial charge on any atom is 0.168 e. The highest BCUT2D eigenvalue weighted by Crippen LogP contribution is 2.36. The second kappa shape index (κ2) is 5.54. The molecule has 0 aromatic carbocycles. The lowest BCUT2D eigenvalue weighted by Crippen LogP contribution is -2.27. The number of anilines is 2. The van der Waals surface area contributed by atoms with Crippen LogP contribution in [-0.4, -0.2) is 24.6 Å². The summed E-state index contributed by atoms with van der Waals surface area (Å²) in [5, 5.41) is 2.83. The van der Waals surface area contributed by atoms with Crippen LogP contribution in [0.1, 0.15) is 34.1 Å². The average Bonchev–Trinajstić information content (AvgIpc) is 2.81. The molecular formula is C15H23F2N3. The first-order valence-electron chi connectivity index (χ1n) is 7.17. The molecule has 0 radical (unpaired) electrons. The first kappa shape index (κ1) is 15.0. The van der Waals surface area contributed by atoms with Gasteiger partial charge in [0, 0.05) is 25.7 Å². The zero-order valence-corrected chi connectivity index (χ0v) is 12.6. The largest absolute Gasteiger partial charge is 0.368 e. The van der Waals surface area contributed by atoms with E-state index in [1.54, 1.807) is 0 Å². The summed E-state index contributed by atoms with van der Waals surface area (Å²) in [5.41, 5.74) is 0.190. The van der Waals surface area contributed by atoms with Gasteiger partial charge < -0.3 is 10.2 Å². The van der Waals surface area contributed by atoms with Gasteiger partial charge >= 0.3 is 0 Å². The molecule has 0 saturated carbocycles. The third-order valence-electron chi connectivity index (χ3n) is 3.97. The second-order valence-electron chi connectivity index (χ2n) is 6.45. The lowest BCUT2D eigenvalue weighted by atomic mass is 9.80. The maximum absolute atomic E-state index is 14.0. The molecule has 5 heteroatoms. The standard InChI is InChI=1S/C15H23F2N3/c1-5-18-13-11(16)8-12(17)14(19-13)20-7-6-10(9-20)15(2,3)4/h8,10H,5-7,9H2,1-4H3,(H,18,19). The van der Waals surface area contributed by atoms with Gasteiger partial charge in [0.05, 0.1) is 0 Å². The van der Waals surface area contributed by atoms with Gasteiger partial charge in [-0.15, -0.1) is 0 Å². The molecule has 20 heavy (non-hydrogen) atoms. The monoisotopic (exact) mass is 283 g/mol. The fourth-order valence-electron chi connectivity index (χ4n) is 2.63. The molecule has 2 heterocycles. The van der Waals surface area contributed by atoms with Gasteiger partial charge in [0.15, 0.2) is 23.3 Å². The molecular weight excluding hydrogens is 260 g/mol. The maximum atomic E-state index is 14.0. The first-order valence-corrected chi connectivity index (χ1v) is 7.17.